The molecule has 0 bridgehead atoms. The van der Waals surface area contributed by atoms with Gasteiger partial charge in [0.25, 0.3) is 0 Å². The Hall–Kier alpha value is -2.55. The minimum atomic E-state index is -4.61. The Morgan fingerprint density at radius 3 is 2.50 bits per heavy atom. The summed E-state index contributed by atoms with van der Waals surface area (Å²) in [7, 11) is -3.37. The zero-order valence-corrected chi connectivity index (χ0v) is 26.2. The van der Waals surface area contributed by atoms with Gasteiger partial charge >= 0.3 is 19.9 Å². The van der Waals surface area contributed by atoms with Crippen molar-refractivity contribution in [3.63, 3.8) is 0 Å². The van der Waals surface area contributed by atoms with Crippen LogP contribution >= 0.6 is 23.7 Å². The number of rotatable bonds is 10. The van der Waals surface area contributed by atoms with Crippen LogP contribution in [0.25, 0.3) is 0 Å². The number of amides is 1. The SMILES string of the molecule is COC(=O)C1(NP(=O)(OC[C@H]2O[C@@H](N3/C=C(/C=C/Br)C(=O)CCCC3=O)CC2O)Oc2ccc(C(F)(F)F)cc2)CCCC1. The molecule has 4 rings (SSSR count). The van der Waals surface area contributed by atoms with E-state index in [0.29, 0.717) is 19.3 Å². The molecule has 2 heterocycles. The number of halogens is 4. The summed E-state index contributed by atoms with van der Waals surface area (Å²) in [6.45, 7) is -0.543. The number of alkyl halides is 3. The number of carbonyl (C=O) groups excluding carboxylic acids is 3. The van der Waals surface area contributed by atoms with E-state index >= 15 is 0 Å². The summed E-state index contributed by atoms with van der Waals surface area (Å²) in [5.74, 6) is -1.44. The molecule has 1 aromatic rings. The highest BCUT2D eigenvalue weighted by molar-refractivity contribution is 9.11. The summed E-state index contributed by atoms with van der Waals surface area (Å²) in [6.07, 6.45) is -2.81. The molecule has 11 nitrogen and oxygen atoms in total. The van der Waals surface area contributed by atoms with Crippen molar-refractivity contribution < 1.29 is 55.7 Å². The van der Waals surface area contributed by atoms with Crippen LogP contribution in [0, 0.1) is 0 Å². The van der Waals surface area contributed by atoms with E-state index in [4.69, 9.17) is 18.5 Å². The summed E-state index contributed by atoms with van der Waals surface area (Å²) >= 11 is 3.13. The first-order valence-corrected chi connectivity index (χ1v) is 16.4. The minimum absolute atomic E-state index is 0.0562. The predicted molar refractivity (Wildman–Crippen MR) is 153 cm³/mol. The fourth-order valence-electron chi connectivity index (χ4n) is 5.35. The van der Waals surface area contributed by atoms with Gasteiger partial charge in [0.2, 0.25) is 5.91 Å². The van der Waals surface area contributed by atoms with Crippen molar-refractivity contribution in [2.45, 2.75) is 81.5 Å². The van der Waals surface area contributed by atoms with Crippen LogP contribution < -0.4 is 9.61 Å². The minimum Gasteiger partial charge on any atom is -0.468 e. The summed E-state index contributed by atoms with van der Waals surface area (Å²) in [5, 5.41) is 13.5. The lowest BCUT2D eigenvalue weighted by molar-refractivity contribution is -0.147. The fraction of sp³-hybridized carbons (Fsp3) is 0.536. The quantitative estimate of drug-likeness (QED) is 0.248. The normalized spacial score (nSPS) is 27.0. The molecule has 3 aliphatic rings. The van der Waals surface area contributed by atoms with Crippen LogP contribution in [0.15, 0.2) is 47.1 Å². The molecule has 2 aliphatic heterocycles. The average molecular weight is 709 g/mol. The lowest BCUT2D eigenvalue weighted by Crippen LogP contribution is -2.50. The summed E-state index contributed by atoms with van der Waals surface area (Å²) in [5.41, 5.74) is -2.13. The number of ether oxygens (including phenoxy) is 2. The summed E-state index contributed by atoms with van der Waals surface area (Å²) < 4.78 is 75.5. The number of aliphatic hydroxyl groups excluding tert-OH is 1. The van der Waals surface area contributed by atoms with Gasteiger partial charge in [-0.05, 0) is 54.6 Å². The second kappa shape index (κ2) is 14.3. The van der Waals surface area contributed by atoms with E-state index in [-0.39, 0.29) is 55.1 Å². The first kappa shape index (κ1) is 34.3. The average Bonchev–Trinajstić information content (AvgIpc) is 3.59. The Balaban J connectivity index is 1.55. The van der Waals surface area contributed by atoms with Crippen LogP contribution in [-0.4, -0.2) is 65.4 Å². The van der Waals surface area contributed by atoms with Crippen LogP contribution in [0.3, 0.4) is 0 Å². The van der Waals surface area contributed by atoms with E-state index in [2.05, 4.69) is 21.0 Å². The summed E-state index contributed by atoms with van der Waals surface area (Å²) in [6, 6.07) is 3.43. The van der Waals surface area contributed by atoms with Gasteiger partial charge in [-0.1, -0.05) is 28.8 Å². The molecule has 44 heavy (non-hydrogen) atoms. The van der Waals surface area contributed by atoms with Gasteiger partial charge in [-0.25, -0.2) is 4.57 Å². The van der Waals surface area contributed by atoms with Gasteiger partial charge < -0.3 is 19.1 Å². The molecular weight excluding hydrogens is 676 g/mol. The van der Waals surface area contributed by atoms with E-state index in [1.165, 1.54) is 29.3 Å². The molecule has 2 unspecified atom stereocenters. The summed E-state index contributed by atoms with van der Waals surface area (Å²) in [4.78, 5) is 40.9. The number of benzene rings is 1. The molecule has 0 spiro atoms. The Kier molecular flexibility index (Phi) is 11.1. The molecule has 242 valence electrons. The van der Waals surface area contributed by atoms with Crippen LogP contribution in [-0.2, 0) is 39.1 Å². The van der Waals surface area contributed by atoms with Crippen molar-refractivity contribution in [3.05, 3.63) is 52.7 Å². The highest BCUT2D eigenvalue weighted by Gasteiger charge is 2.50. The number of carbonyl (C=O) groups is 3. The standard InChI is InChI=1S/C28H33BrF3N2O9P/c1-40-26(38)27(12-2-3-13-27)33-44(39,43-20-9-7-19(8-10-20)28(30,31)32)41-17-23-22(36)15-25(42-23)34-16-18(11-14-29)21(35)5-4-6-24(34)37/h7-11,14,16,22-23,25,36H,2-6,12-13,15,17H2,1H3,(H,33,39)/b14-11+,18-16-/t22?,23-,25-,44?/m1/s1. The van der Waals surface area contributed by atoms with E-state index in [0.717, 1.165) is 24.3 Å². The Labute approximate surface area is 260 Å². The van der Waals surface area contributed by atoms with E-state index in [1.54, 1.807) is 0 Å². The molecule has 1 aromatic carbocycles. The molecule has 1 aliphatic carbocycles. The van der Waals surface area contributed by atoms with Gasteiger partial charge in [0.15, 0.2) is 5.78 Å². The molecule has 1 amide bonds. The van der Waals surface area contributed by atoms with Crippen LogP contribution in [0.2, 0.25) is 0 Å². The number of aliphatic hydroxyl groups is 1. The van der Waals surface area contributed by atoms with Gasteiger partial charge in [-0.2, -0.15) is 18.3 Å². The number of nitrogens with one attached hydrogen (secondary N) is 1. The number of ketones is 1. The van der Waals surface area contributed by atoms with Gasteiger partial charge in [0.1, 0.15) is 23.6 Å². The molecule has 1 saturated carbocycles. The van der Waals surface area contributed by atoms with Gasteiger partial charge in [0, 0.05) is 31.0 Å². The first-order chi connectivity index (χ1) is 20.8. The molecule has 2 fully saturated rings. The van der Waals surface area contributed by atoms with Gasteiger partial charge in [-0.15, -0.1) is 0 Å². The Morgan fingerprint density at radius 2 is 1.89 bits per heavy atom. The van der Waals surface area contributed by atoms with Gasteiger partial charge in [0.05, 0.1) is 25.4 Å². The zero-order chi connectivity index (χ0) is 32.1. The van der Waals surface area contributed by atoms with E-state index in [9.17, 15) is 37.2 Å². The number of hydrogen-bond acceptors (Lipinski definition) is 9. The molecule has 16 heteroatoms. The van der Waals surface area contributed by atoms with E-state index < -0.39 is 56.0 Å². The van der Waals surface area contributed by atoms with Crippen molar-refractivity contribution in [2.75, 3.05) is 13.7 Å². The number of hydrogen-bond donors (Lipinski definition) is 2. The molecule has 4 atom stereocenters. The fourth-order valence-corrected chi connectivity index (χ4v) is 7.37. The molecule has 2 N–H and O–H groups in total. The van der Waals surface area contributed by atoms with Crippen molar-refractivity contribution in [1.29, 1.82) is 0 Å². The number of Topliss-reactive ketones (excluding diaryl/α,β-unsaturated/α-hetero) is 1. The lowest BCUT2D eigenvalue weighted by Gasteiger charge is -2.32. The third kappa shape index (κ3) is 8.18. The Bertz CT molecular complexity index is 1330. The maximum Gasteiger partial charge on any atom is 0.459 e. The number of methoxy groups -OCH3 is 1. The molecule has 0 radical (unpaired) electrons. The monoisotopic (exact) mass is 708 g/mol. The van der Waals surface area contributed by atoms with Gasteiger partial charge in [-0.3, -0.25) is 23.8 Å². The number of allylic oxidation sites excluding steroid dienone is 2. The van der Waals surface area contributed by atoms with Crippen molar-refractivity contribution in [1.82, 2.24) is 9.99 Å². The molecular formula is C28H33BrF3N2O9P. The highest BCUT2D eigenvalue weighted by atomic mass is 79.9. The van der Waals surface area contributed by atoms with Crippen molar-refractivity contribution in [3.8, 4) is 5.75 Å². The second-order valence-electron chi connectivity index (χ2n) is 10.7. The maximum atomic E-state index is 14.1. The van der Waals surface area contributed by atoms with E-state index in [1.807, 2.05) is 0 Å². The Morgan fingerprint density at radius 1 is 1.20 bits per heavy atom. The first-order valence-electron chi connectivity index (χ1n) is 13.9. The largest absolute Gasteiger partial charge is 0.468 e. The van der Waals surface area contributed by atoms with Crippen LogP contribution in [0.4, 0.5) is 13.2 Å². The predicted octanol–water partition coefficient (Wildman–Crippen LogP) is 5.13. The topological polar surface area (TPSA) is 141 Å². The van der Waals surface area contributed by atoms with Crippen molar-refractivity contribution in [2.24, 2.45) is 0 Å². The second-order valence-corrected chi connectivity index (χ2v) is 12.9. The molecule has 0 aromatic heterocycles. The lowest BCUT2D eigenvalue weighted by atomic mass is 10.00. The maximum absolute atomic E-state index is 14.1. The smallest absolute Gasteiger partial charge is 0.459 e. The number of esters is 1. The third-order valence-electron chi connectivity index (χ3n) is 7.64. The van der Waals surface area contributed by atoms with Crippen LogP contribution in [0.5, 0.6) is 5.75 Å². The molecule has 1 saturated heterocycles. The van der Waals surface area contributed by atoms with Crippen LogP contribution in [0.1, 0.15) is 56.9 Å². The number of nitrogens with zero attached hydrogens (tertiary/aromatic N) is 1. The van der Waals surface area contributed by atoms with Crippen molar-refractivity contribution >= 4 is 41.3 Å². The third-order valence-corrected chi connectivity index (χ3v) is 9.55. The highest BCUT2D eigenvalue weighted by Crippen LogP contribution is 2.50. The zero-order valence-electron chi connectivity index (χ0n) is 23.8.